The molecule has 5 nitrogen and oxygen atoms in total. The molecule has 0 fully saturated rings. The zero-order valence-corrected chi connectivity index (χ0v) is 10.3. The first-order chi connectivity index (χ1) is 8.02. The second kappa shape index (κ2) is 6.10. The maximum atomic E-state index is 11.6. The number of carbonyl (C=O) groups excluding carboxylic acids is 2. The highest BCUT2D eigenvalue weighted by Crippen LogP contribution is 2.13. The van der Waals surface area contributed by atoms with E-state index >= 15 is 0 Å². The molecule has 0 atom stereocenters. The number of esters is 1. The van der Waals surface area contributed by atoms with E-state index < -0.39 is 12.0 Å². The summed E-state index contributed by atoms with van der Waals surface area (Å²) in [6.45, 7) is -0.101. The lowest BCUT2D eigenvalue weighted by Gasteiger charge is -2.16. The summed E-state index contributed by atoms with van der Waals surface area (Å²) in [5.74, 6) is -0.473. The van der Waals surface area contributed by atoms with Gasteiger partial charge in [-0.15, -0.1) is 0 Å². The van der Waals surface area contributed by atoms with Crippen LogP contribution in [0.3, 0.4) is 0 Å². The fraction of sp³-hybridized carbons (Fsp3) is 0.273. The third-order valence-corrected chi connectivity index (χ3v) is 2.29. The second-order valence-corrected chi connectivity index (χ2v) is 3.81. The maximum absolute atomic E-state index is 11.6. The molecular weight excluding hydrogens is 244 g/mol. The van der Waals surface area contributed by atoms with Crippen LogP contribution in [-0.2, 0) is 9.53 Å². The first-order valence-electron chi connectivity index (χ1n) is 4.87. The number of benzene rings is 1. The number of anilines is 1. The van der Waals surface area contributed by atoms with Gasteiger partial charge < -0.3 is 15.0 Å². The summed E-state index contributed by atoms with van der Waals surface area (Å²) in [7, 11) is 2.77. The van der Waals surface area contributed by atoms with Crippen LogP contribution >= 0.6 is 11.6 Å². The molecule has 0 radical (unpaired) electrons. The smallest absolute Gasteiger partial charge is 0.325 e. The van der Waals surface area contributed by atoms with E-state index in [1.807, 2.05) is 0 Å². The Hall–Kier alpha value is -1.75. The minimum absolute atomic E-state index is 0.101. The first kappa shape index (κ1) is 13.3. The van der Waals surface area contributed by atoms with E-state index in [9.17, 15) is 9.59 Å². The van der Waals surface area contributed by atoms with Crippen LogP contribution < -0.4 is 5.32 Å². The quantitative estimate of drug-likeness (QED) is 0.842. The number of hydrogen-bond donors (Lipinski definition) is 1. The number of nitrogens with one attached hydrogen (secondary N) is 1. The Morgan fingerprint density at radius 2 is 1.94 bits per heavy atom. The van der Waals surface area contributed by atoms with Crippen LogP contribution in [0.5, 0.6) is 0 Å². The van der Waals surface area contributed by atoms with Crippen LogP contribution in [0, 0.1) is 0 Å². The molecule has 0 aliphatic rings. The zero-order valence-electron chi connectivity index (χ0n) is 9.57. The minimum Gasteiger partial charge on any atom is -0.468 e. The van der Waals surface area contributed by atoms with Crippen molar-refractivity contribution in [1.29, 1.82) is 0 Å². The minimum atomic E-state index is -0.473. The number of carbonyl (C=O) groups is 2. The summed E-state index contributed by atoms with van der Waals surface area (Å²) in [6, 6.07) is 6.28. The summed E-state index contributed by atoms with van der Waals surface area (Å²) in [4.78, 5) is 23.8. The number of urea groups is 1. The van der Waals surface area contributed by atoms with Gasteiger partial charge in [0.25, 0.3) is 0 Å². The molecule has 0 aliphatic carbocycles. The second-order valence-electron chi connectivity index (χ2n) is 3.37. The average Bonchev–Trinajstić information content (AvgIpc) is 2.31. The molecule has 0 heterocycles. The molecule has 1 aromatic carbocycles. The molecule has 0 saturated heterocycles. The van der Waals surface area contributed by atoms with Crippen molar-refractivity contribution in [3.8, 4) is 0 Å². The van der Waals surface area contributed by atoms with Crippen molar-refractivity contribution in [2.24, 2.45) is 0 Å². The third kappa shape index (κ3) is 4.32. The van der Waals surface area contributed by atoms with E-state index in [1.54, 1.807) is 24.3 Å². The van der Waals surface area contributed by atoms with Gasteiger partial charge in [0.1, 0.15) is 6.54 Å². The van der Waals surface area contributed by atoms with Crippen molar-refractivity contribution in [1.82, 2.24) is 4.90 Å². The van der Waals surface area contributed by atoms with Gasteiger partial charge in [-0.25, -0.2) is 4.79 Å². The molecule has 17 heavy (non-hydrogen) atoms. The molecule has 0 spiro atoms. The lowest BCUT2D eigenvalue weighted by atomic mass is 10.3. The highest BCUT2D eigenvalue weighted by Gasteiger charge is 2.12. The topological polar surface area (TPSA) is 58.6 Å². The number of rotatable bonds is 3. The number of ether oxygens (including phenoxy) is 1. The molecule has 0 saturated carbocycles. The Labute approximate surface area is 104 Å². The Morgan fingerprint density at radius 1 is 1.35 bits per heavy atom. The standard InChI is InChI=1S/C11H13ClN2O3/c1-14(7-10(15)17-2)11(16)13-9-5-3-8(12)4-6-9/h3-6H,7H2,1-2H3,(H,13,16). The average molecular weight is 257 g/mol. The monoisotopic (exact) mass is 256 g/mol. The molecule has 92 valence electrons. The van der Waals surface area contributed by atoms with Crippen LogP contribution in [0.4, 0.5) is 10.5 Å². The van der Waals surface area contributed by atoms with Crippen LogP contribution in [0.2, 0.25) is 5.02 Å². The van der Waals surface area contributed by atoms with Gasteiger partial charge in [0, 0.05) is 17.8 Å². The fourth-order valence-electron chi connectivity index (χ4n) is 1.08. The molecule has 0 aliphatic heterocycles. The molecule has 0 unspecified atom stereocenters. The van der Waals surface area contributed by atoms with Crippen molar-refractivity contribution in [2.75, 3.05) is 26.0 Å². The Balaban J connectivity index is 2.54. The molecule has 6 heteroatoms. The first-order valence-corrected chi connectivity index (χ1v) is 5.25. The van der Waals surface area contributed by atoms with Gasteiger partial charge in [-0.05, 0) is 24.3 Å². The Morgan fingerprint density at radius 3 is 2.47 bits per heavy atom. The summed E-state index contributed by atoms with van der Waals surface area (Å²) in [5, 5.41) is 3.21. The van der Waals surface area contributed by atoms with Gasteiger partial charge >= 0.3 is 12.0 Å². The van der Waals surface area contributed by atoms with Crippen molar-refractivity contribution in [3.05, 3.63) is 29.3 Å². The largest absolute Gasteiger partial charge is 0.468 e. The third-order valence-electron chi connectivity index (χ3n) is 2.04. The van der Waals surface area contributed by atoms with Crippen molar-refractivity contribution >= 4 is 29.3 Å². The van der Waals surface area contributed by atoms with E-state index in [2.05, 4.69) is 10.1 Å². The molecule has 0 bridgehead atoms. The zero-order chi connectivity index (χ0) is 12.8. The van der Waals surface area contributed by atoms with E-state index in [0.29, 0.717) is 10.7 Å². The van der Waals surface area contributed by atoms with Crippen molar-refractivity contribution in [3.63, 3.8) is 0 Å². The predicted octanol–water partition coefficient (Wildman–Crippen LogP) is 1.98. The van der Waals surface area contributed by atoms with Crippen molar-refractivity contribution < 1.29 is 14.3 Å². The number of nitrogens with zero attached hydrogens (tertiary/aromatic N) is 1. The van der Waals surface area contributed by atoms with Gasteiger partial charge in [-0.1, -0.05) is 11.6 Å². The van der Waals surface area contributed by atoms with Gasteiger partial charge in [-0.2, -0.15) is 0 Å². The molecule has 0 aromatic heterocycles. The van der Waals surface area contributed by atoms with Gasteiger partial charge in [0.2, 0.25) is 0 Å². The van der Waals surface area contributed by atoms with Crippen molar-refractivity contribution in [2.45, 2.75) is 0 Å². The van der Waals surface area contributed by atoms with E-state index in [1.165, 1.54) is 19.1 Å². The molecule has 1 N–H and O–H groups in total. The predicted molar refractivity (Wildman–Crippen MR) is 65.1 cm³/mol. The highest BCUT2D eigenvalue weighted by atomic mass is 35.5. The van der Waals surface area contributed by atoms with Crippen LogP contribution in [0.1, 0.15) is 0 Å². The lowest BCUT2D eigenvalue weighted by molar-refractivity contribution is -0.140. The summed E-state index contributed by atoms with van der Waals surface area (Å²) >= 11 is 5.71. The molecular formula is C11H13ClN2O3. The number of halogens is 1. The molecule has 2 amide bonds. The molecule has 1 rings (SSSR count). The van der Waals surface area contributed by atoms with Gasteiger partial charge in [0.05, 0.1) is 7.11 Å². The van der Waals surface area contributed by atoms with E-state index in [4.69, 9.17) is 11.6 Å². The van der Waals surface area contributed by atoms with E-state index in [-0.39, 0.29) is 6.54 Å². The van der Waals surface area contributed by atoms with Crippen LogP contribution in [-0.4, -0.2) is 37.6 Å². The molecule has 1 aromatic rings. The van der Waals surface area contributed by atoms with Crippen LogP contribution in [0.25, 0.3) is 0 Å². The normalized spacial score (nSPS) is 9.59. The number of amides is 2. The van der Waals surface area contributed by atoms with Gasteiger partial charge in [0.15, 0.2) is 0 Å². The maximum Gasteiger partial charge on any atom is 0.325 e. The number of likely N-dealkylation sites (N-methyl/N-ethyl adjacent to an activating group) is 1. The number of methoxy groups -OCH3 is 1. The Bertz CT molecular complexity index is 406. The highest BCUT2D eigenvalue weighted by molar-refractivity contribution is 6.30. The van der Waals surface area contributed by atoms with Crippen LogP contribution in [0.15, 0.2) is 24.3 Å². The summed E-state index contributed by atoms with van der Waals surface area (Å²) in [6.07, 6.45) is 0. The van der Waals surface area contributed by atoms with E-state index in [0.717, 1.165) is 0 Å². The van der Waals surface area contributed by atoms with Gasteiger partial charge in [-0.3, -0.25) is 4.79 Å². The summed E-state index contributed by atoms with van der Waals surface area (Å²) < 4.78 is 4.46. The summed E-state index contributed by atoms with van der Waals surface area (Å²) in [5.41, 5.74) is 0.608. The SMILES string of the molecule is COC(=O)CN(C)C(=O)Nc1ccc(Cl)cc1. The number of hydrogen-bond acceptors (Lipinski definition) is 3. The fourth-order valence-corrected chi connectivity index (χ4v) is 1.21. The Kier molecular flexibility index (Phi) is 4.78. The lowest BCUT2D eigenvalue weighted by Crippen LogP contribution is -2.35.